The lowest BCUT2D eigenvalue weighted by atomic mass is 10.0. The van der Waals surface area contributed by atoms with Gasteiger partial charge in [-0.25, -0.2) is 0 Å². The Balaban J connectivity index is 4.50. The van der Waals surface area contributed by atoms with Crippen LogP contribution in [0.1, 0.15) is 271 Å². The molecule has 0 spiro atoms. The minimum absolute atomic E-state index is 0.106. The van der Waals surface area contributed by atoms with Crippen molar-refractivity contribution in [2.45, 2.75) is 277 Å². The zero-order chi connectivity index (χ0) is 52.2. The molecule has 72 heavy (non-hydrogen) atoms. The molecular formula is C66H110O6. The third-order valence-electron chi connectivity index (χ3n) is 12.5. The smallest absolute Gasteiger partial charge is 0.306 e. The Kier molecular flexibility index (Phi) is 56.4. The average molecular weight is 1000 g/mol. The fourth-order valence-corrected chi connectivity index (χ4v) is 8.13. The van der Waals surface area contributed by atoms with E-state index in [4.69, 9.17) is 14.2 Å². The normalized spacial score (nSPS) is 12.9. The molecule has 0 fully saturated rings. The standard InChI is InChI=1S/C66H110O6/c1-4-7-10-13-16-19-22-25-28-31-33-36-38-41-44-47-50-53-56-59-65(68)71-62-63(61-70-64(67)58-55-52-49-46-43-40-37-34-30-27-24-21-18-15-12-9-6-3)72-66(69)60-57-54-51-48-45-42-39-35-32-29-26-23-20-17-14-11-8-5-2/h7,9-10,12,16,18-19,21,25,27-28,30,33,36,41,44,50,53,63H,4-6,8,11,13-15,17,20,22-24,26,29,31-32,34-35,37-40,42-43,45-49,51-52,54-62H2,1-3H3/b10-7-,12-9-,19-16-,21-18-,28-25-,30-27-,36-33-,44-41-,53-50-. The van der Waals surface area contributed by atoms with E-state index in [0.717, 1.165) is 103 Å². The first-order valence-electron chi connectivity index (χ1n) is 29.9. The summed E-state index contributed by atoms with van der Waals surface area (Å²) in [5.74, 6) is -0.996. The molecule has 1 unspecified atom stereocenters. The summed E-state index contributed by atoms with van der Waals surface area (Å²) >= 11 is 0. The lowest BCUT2D eigenvalue weighted by Gasteiger charge is -2.18. The third-order valence-corrected chi connectivity index (χ3v) is 12.5. The van der Waals surface area contributed by atoms with Gasteiger partial charge < -0.3 is 14.2 Å². The second-order valence-electron chi connectivity index (χ2n) is 19.5. The first-order chi connectivity index (χ1) is 35.5. The van der Waals surface area contributed by atoms with Crippen LogP contribution in [0.3, 0.4) is 0 Å². The second kappa shape index (κ2) is 59.6. The Hall–Kier alpha value is -3.93. The van der Waals surface area contributed by atoms with Crippen LogP contribution in [0.5, 0.6) is 0 Å². The molecule has 0 aliphatic rings. The molecule has 0 aliphatic carbocycles. The number of carbonyl (C=O) groups excluding carboxylic acids is 3. The summed E-state index contributed by atoms with van der Waals surface area (Å²) in [6.07, 6.45) is 80.9. The Morgan fingerprint density at radius 2 is 0.569 bits per heavy atom. The molecule has 6 heteroatoms. The molecule has 0 radical (unpaired) electrons. The predicted molar refractivity (Wildman–Crippen MR) is 311 cm³/mol. The quantitative estimate of drug-likeness (QED) is 0.0261. The van der Waals surface area contributed by atoms with E-state index in [-0.39, 0.29) is 37.5 Å². The highest BCUT2D eigenvalue weighted by Crippen LogP contribution is 2.16. The number of carbonyl (C=O) groups is 3. The average Bonchev–Trinajstić information content (AvgIpc) is 3.38. The van der Waals surface area contributed by atoms with Gasteiger partial charge in [0.15, 0.2) is 6.10 Å². The number of rotatable bonds is 53. The maximum atomic E-state index is 12.9. The third kappa shape index (κ3) is 57.0. The topological polar surface area (TPSA) is 78.9 Å². The SMILES string of the molecule is CC/C=C\C/C=C\C/C=C\C/C=C\C/C=C\C/C=C\CCC(=O)OCC(COC(=O)CCCCCCCCC/C=C\C/C=C\C/C=C\CC)OC(=O)CCCCCCCCCCCCCCCCCCCC. The predicted octanol–water partition coefficient (Wildman–Crippen LogP) is 20.3. The summed E-state index contributed by atoms with van der Waals surface area (Å²) in [6.45, 7) is 6.36. The van der Waals surface area contributed by atoms with Crippen LogP contribution in [0, 0.1) is 0 Å². The minimum Gasteiger partial charge on any atom is -0.462 e. The molecule has 0 N–H and O–H groups in total. The molecule has 1 atom stereocenters. The van der Waals surface area contributed by atoms with Gasteiger partial charge >= 0.3 is 17.9 Å². The zero-order valence-electron chi connectivity index (χ0n) is 46.9. The van der Waals surface area contributed by atoms with Crippen molar-refractivity contribution in [3.63, 3.8) is 0 Å². The van der Waals surface area contributed by atoms with E-state index in [2.05, 4.69) is 124 Å². The Bertz CT molecular complexity index is 1470. The molecular weight excluding hydrogens is 889 g/mol. The van der Waals surface area contributed by atoms with Gasteiger partial charge in [0.05, 0.1) is 0 Å². The van der Waals surface area contributed by atoms with Crippen LogP contribution in [-0.2, 0) is 28.6 Å². The molecule has 410 valence electrons. The van der Waals surface area contributed by atoms with Crippen molar-refractivity contribution in [2.24, 2.45) is 0 Å². The summed E-state index contributed by atoms with van der Waals surface area (Å²) in [5.41, 5.74) is 0. The van der Waals surface area contributed by atoms with Gasteiger partial charge in [0.2, 0.25) is 0 Å². The first-order valence-corrected chi connectivity index (χ1v) is 29.9. The van der Waals surface area contributed by atoms with E-state index >= 15 is 0 Å². The van der Waals surface area contributed by atoms with E-state index in [0.29, 0.717) is 19.3 Å². The lowest BCUT2D eigenvalue weighted by molar-refractivity contribution is -0.166. The van der Waals surface area contributed by atoms with Gasteiger partial charge in [-0.2, -0.15) is 0 Å². The fourth-order valence-electron chi connectivity index (χ4n) is 8.13. The van der Waals surface area contributed by atoms with Gasteiger partial charge in [-0.15, -0.1) is 0 Å². The largest absolute Gasteiger partial charge is 0.462 e. The Labute approximate surface area is 444 Å². The van der Waals surface area contributed by atoms with Crippen LogP contribution >= 0.6 is 0 Å². The summed E-state index contributed by atoms with van der Waals surface area (Å²) in [7, 11) is 0. The molecule has 0 saturated carbocycles. The van der Waals surface area contributed by atoms with Crippen LogP contribution in [0.15, 0.2) is 109 Å². The van der Waals surface area contributed by atoms with Crippen molar-refractivity contribution in [1.82, 2.24) is 0 Å². The molecule has 0 bridgehead atoms. The molecule has 0 aromatic carbocycles. The van der Waals surface area contributed by atoms with Crippen molar-refractivity contribution in [3.05, 3.63) is 109 Å². The summed E-state index contributed by atoms with van der Waals surface area (Å²) in [4.78, 5) is 38.2. The number of allylic oxidation sites excluding steroid dienone is 18. The molecule has 0 aliphatic heterocycles. The minimum atomic E-state index is -0.814. The lowest BCUT2D eigenvalue weighted by Crippen LogP contribution is -2.30. The van der Waals surface area contributed by atoms with E-state index < -0.39 is 6.10 Å². The van der Waals surface area contributed by atoms with Crippen molar-refractivity contribution in [1.29, 1.82) is 0 Å². The van der Waals surface area contributed by atoms with Gasteiger partial charge in [0.1, 0.15) is 13.2 Å². The molecule has 6 nitrogen and oxygen atoms in total. The van der Waals surface area contributed by atoms with E-state index in [1.807, 2.05) is 6.08 Å². The molecule has 0 amide bonds. The van der Waals surface area contributed by atoms with Crippen LogP contribution in [0.25, 0.3) is 0 Å². The van der Waals surface area contributed by atoms with E-state index in [9.17, 15) is 14.4 Å². The Morgan fingerprint density at radius 1 is 0.292 bits per heavy atom. The molecule has 0 aromatic rings. The maximum absolute atomic E-state index is 12.9. The first kappa shape index (κ1) is 68.1. The zero-order valence-corrected chi connectivity index (χ0v) is 46.9. The van der Waals surface area contributed by atoms with E-state index in [1.165, 1.54) is 122 Å². The monoisotopic (exact) mass is 999 g/mol. The number of esters is 3. The van der Waals surface area contributed by atoms with Gasteiger partial charge in [0, 0.05) is 19.3 Å². The van der Waals surface area contributed by atoms with Crippen LogP contribution in [-0.4, -0.2) is 37.2 Å². The highest BCUT2D eigenvalue weighted by molar-refractivity contribution is 5.71. The molecule has 0 saturated heterocycles. The van der Waals surface area contributed by atoms with Gasteiger partial charge in [0.25, 0.3) is 0 Å². The summed E-state index contributed by atoms with van der Waals surface area (Å²) in [6, 6.07) is 0. The Morgan fingerprint density at radius 3 is 0.931 bits per heavy atom. The van der Waals surface area contributed by atoms with Gasteiger partial charge in [-0.05, 0) is 89.9 Å². The van der Waals surface area contributed by atoms with Crippen molar-refractivity contribution in [3.8, 4) is 0 Å². The number of hydrogen-bond donors (Lipinski definition) is 0. The number of ether oxygens (including phenoxy) is 3. The van der Waals surface area contributed by atoms with Crippen LogP contribution in [0.4, 0.5) is 0 Å². The molecule has 0 aromatic heterocycles. The second-order valence-corrected chi connectivity index (χ2v) is 19.5. The van der Waals surface area contributed by atoms with Crippen molar-refractivity contribution < 1.29 is 28.6 Å². The number of unbranched alkanes of at least 4 members (excludes halogenated alkanes) is 24. The van der Waals surface area contributed by atoms with E-state index in [1.54, 1.807) is 0 Å². The molecule has 0 rings (SSSR count). The number of hydrogen-bond acceptors (Lipinski definition) is 6. The maximum Gasteiger partial charge on any atom is 0.306 e. The van der Waals surface area contributed by atoms with Crippen molar-refractivity contribution in [2.75, 3.05) is 13.2 Å². The van der Waals surface area contributed by atoms with Gasteiger partial charge in [-0.3, -0.25) is 14.4 Å². The summed E-state index contributed by atoms with van der Waals surface area (Å²) < 4.78 is 16.8. The highest BCUT2D eigenvalue weighted by Gasteiger charge is 2.19. The summed E-state index contributed by atoms with van der Waals surface area (Å²) in [5, 5.41) is 0. The van der Waals surface area contributed by atoms with Gasteiger partial charge in [-0.1, -0.05) is 271 Å². The van der Waals surface area contributed by atoms with Crippen LogP contribution in [0.2, 0.25) is 0 Å². The van der Waals surface area contributed by atoms with Crippen LogP contribution < -0.4 is 0 Å². The molecule has 0 heterocycles. The highest BCUT2D eigenvalue weighted by atomic mass is 16.6. The van der Waals surface area contributed by atoms with Crippen molar-refractivity contribution >= 4 is 17.9 Å². The fraction of sp³-hybridized carbons (Fsp3) is 0.682.